The number of hydroxylamine groups is 2. The Balaban J connectivity index is 1.70. The molecular formula is C17H8ClNO5. The number of fused-ring (bicyclic) bond motifs is 2. The van der Waals surface area contributed by atoms with Gasteiger partial charge in [-0.2, -0.15) is 0 Å². The molecule has 0 N–H and O–H groups in total. The maximum absolute atomic E-state index is 12.5. The van der Waals surface area contributed by atoms with Gasteiger partial charge in [0.1, 0.15) is 11.1 Å². The summed E-state index contributed by atoms with van der Waals surface area (Å²) in [5.74, 6) is -2.35. The SMILES string of the molecule is O=C(ON1C(=O)c2ccccc2C1=O)c1c(Cl)ccc2ccoc12. The van der Waals surface area contributed by atoms with E-state index in [0.29, 0.717) is 10.4 Å². The Morgan fingerprint density at radius 1 is 1.00 bits per heavy atom. The Morgan fingerprint density at radius 3 is 2.33 bits per heavy atom. The molecule has 24 heavy (non-hydrogen) atoms. The van der Waals surface area contributed by atoms with Gasteiger partial charge in [-0.25, -0.2) is 4.79 Å². The number of hydrogen-bond donors (Lipinski definition) is 0. The minimum atomic E-state index is -0.949. The minimum absolute atomic E-state index is 0.0456. The third-order valence-corrected chi connectivity index (χ3v) is 4.02. The van der Waals surface area contributed by atoms with Crippen LogP contribution in [-0.4, -0.2) is 22.8 Å². The number of halogens is 1. The summed E-state index contributed by atoms with van der Waals surface area (Å²) < 4.78 is 5.26. The molecule has 118 valence electrons. The number of furan rings is 1. The van der Waals surface area contributed by atoms with Crippen LogP contribution >= 0.6 is 11.6 Å². The average molecular weight is 342 g/mol. The number of imide groups is 1. The number of amides is 2. The number of hydrogen-bond acceptors (Lipinski definition) is 5. The molecule has 1 aromatic heterocycles. The van der Waals surface area contributed by atoms with Crippen molar-refractivity contribution in [3.63, 3.8) is 0 Å². The van der Waals surface area contributed by atoms with E-state index in [0.717, 1.165) is 0 Å². The lowest BCUT2D eigenvalue weighted by molar-refractivity contribution is -0.0583. The molecule has 3 aromatic rings. The van der Waals surface area contributed by atoms with Crippen LogP contribution in [0.25, 0.3) is 11.0 Å². The highest BCUT2D eigenvalue weighted by Gasteiger charge is 2.39. The Kier molecular flexibility index (Phi) is 3.14. The van der Waals surface area contributed by atoms with Gasteiger partial charge >= 0.3 is 5.97 Å². The molecule has 0 saturated carbocycles. The maximum Gasteiger partial charge on any atom is 0.369 e. The summed E-state index contributed by atoms with van der Waals surface area (Å²) in [5, 5.41) is 1.18. The van der Waals surface area contributed by atoms with Crippen LogP contribution in [-0.2, 0) is 4.84 Å². The molecule has 2 aromatic carbocycles. The van der Waals surface area contributed by atoms with Crippen molar-refractivity contribution in [3.05, 3.63) is 70.4 Å². The van der Waals surface area contributed by atoms with Gasteiger partial charge in [-0.05, 0) is 30.3 Å². The zero-order valence-corrected chi connectivity index (χ0v) is 12.7. The van der Waals surface area contributed by atoms with Gasteiger partial charge in [-0.1, -0.05) is 28.8 Å². The van der Waals surface area contributed by atoms with Crippen LogP contribution in [0.3, 0.4) is 0 Å². The zero-order chi connectivity index (χ0) is 16.8. The van der Waals surface area contributed by atoms with E-state index >= 15 is 0 Å². The second-order valence-electron chi connectivity index (χ2n) is 5.09. The molecule has 0 radical (unpaired) electrons. The molecule has 6 nitrogen and oxygen atoms in total. The minimum Gasteiger partial charge on any atom is -0.463 e. The van der Waals surface area contributed by atoms with Crippen LogP contribution in [0.4, 0.5) is 0 Å². The van der Waals surface area contributed by atoms with Gasteiger partial charge in [0.25, 0.3) is 11.8 Å². The van der Waals surface area contributed by atoms with Crippen molar-refractivity contribution in [2.75, 3.05) is 0 Å². The quantitative estimate of drug-likeness (QED) is 0.667. The van der Waals surface area contributed by atoms with Gasteiger partial charge < -0.3 is 9.25 Å². The highest BCUT2D eigenvalue weighted by molar-refractivity contribution is 6.35. The molecule has 2 amide bonds. The normalized spacial score (nSPS) is 13.5. The van der Waals surface area contributed by atoms with Crippen molar-refractivity contribution in [2.45, 2.75) is 0 Å². The van der Waals surface area contributed by atoms with Crippen LogP contribution in [0.5, 0.6) is 0 Å². The number of carbonyl (C=O) groups is 3. The molecule has 0 unspecified atom stereocenters. The first-order chi connectivity index (χ1) is 11.6. The smallest absolute Gasteiger partial charge is 0.369 e. The lowest BCUT2D eigenvalue weighted by Gasteiger charge is -2.13. The number of nitrogens with zero attached hydrogens (tertiary/aromatic N) is 1. The van der Waals surface area contributed by atoms with Gasteiger partial charge in [0, 0.05) is 5.39 Å². The van der Waals surface area contributed by atoms with E-state index in [2.05, 4.69) is 0 Å². The van der Waals surface area contributed by atoms with Crippen molar-refractivity contribution in [2.24, 2.45) is 0 Å². The Morgan fingerprint density at radius 2 is 1.67 bits per heavy atom. The summed E-state index contributed by atoms with van der Waals surface area (Å²) >= 11 is 6.05. The van der Waals surface area contributed by atoms with Crippen molar-refractivity contribution in [1.82, 2.24) is 5.06 Å². The topological polar surface area (TPSA) is 76.8 Å². The van der Waals surface area contributed by atoms with Gasteiger partial charge in [0.05, 0.1) is 22.4 Å². The molecule has 2 heterocycles. The fraction of sp³-hybridized carbons (Fsp3) is 0. The van der Waals surface area contributed by atoms with E-state index < -0.39 is 17.8 Å². The van der Waals surface area contributed by atoms with Gasteiger partial charge in [0.2, 0.25) is 0 Å². The molecule has 1 aliphatic rings. The summed E-state index contributed by atoms with van der Waals surface area (Å²) in [6.45, 7) is 0. The summed E-state index contributed by atoms with van der Waals surface area (Å²) in [6.07, 6.45) is 1.40. The maximum atomic E-state index is 12.5. The average Bonchev–Trinajstić information content (AvgIpc) is 3.14. The van der Waals surface area contributed by atoms with Crippen molar-refractivity contribution >= 4 is 40.4 Å². The van der Waals surface area contributed by atoms with E-state index in [4.69, 9.17) is 20.9 Å². The van der Waals surface area contributed by atoms with Crippen LogP contribution in [0.1, 0.15) is 31.1 Å². The predicted octanol–water partition coefficient (Wildman–Crippen LogP) is 3.45. The highest BCUT2D eigenvalue weighted by atomic mass is 35.5. The molecule has 0 spiro atoms. The molecule has 0 fully saturated rings. The van der Waals surface area contributed by atoms with E-state index in [1.165, 1.54) is 24.5 Å². The number of rotatable bonds is 2. The number of benzene rings is 2. The first kappa shape index (κ1) is 14.5. The summed E-state index contributed by atoms with van der Waals surface area (Å²) in [6, 6.07) is 11.1. The lowest BCUT2D eigenvalue weighted by atomic mass is 10.1. The summed E-state index contributed by atoms with van der Waals surface area (Å²) in [7, 11) is 0. The van der Waals surface area contributed by atoms with Crippen molar-refractivity contribution < 1.29 is 23.6 Å². The lowest BCUT2D eigenvalue weighted by Crippen LogP contribution is -2.32. The Labute approximate surface area is 140 Å². The Hall–Kier alpha value is -3.12. The molecular weight excluding hydrogens is 334 g/mol. The van der Waals surface area contributed by atoms with Crippen LogP contribution in [0.2, 0.25) is 5.02 Å². The van der Waals surface area contributed by atoms with E-state index in [9.17, 15) is 14.4 Å². The first-order valence-corrected chi connectivity index (χ1v) is 7.31. The highest BCUT2D eigenvalue weighted by Crippen LogP contribution is 2.29. The molecule has 0 atom stereocenters. The third-order valence-electron chi connectivity index (χ3n) is 3.71. The molecule has 7 heteroatoms. The monoisotopic (exact) mass is 341 g/mol. The largest absolute Gasteiger partial charge is 0.463 e. The summed E-state index contributed by atoms with van der Waals surface area (Å²) in [5.41, 5.74) is 0.537. The first-order valence-electron chi connectivity index (χ1n) is 6.94. The van der Waals surface area contributed by atoms with Gasteiger partial charge in [-0.3, -0.25) is 9.59 Å². The summed E-state index contributed by atoms with van der Waals surface area (Å²) in [4.78, 5) is 42.0. The zero-order valence-electron chi connectivity index (χ0n) is 12.0. The van der Waals surface area contributed by atoms with Crippen molar-refractivity contribution in [3.8, 4) is 0 Å². The van der Waals surface area contributed by atoms with E-state index in [-0.39, 0.29) is 27.3 Å². The van der Waals surface area contributed by atoms with Crippen molar-refractivity contribution in [1.29, 1.82) is 0 Å². The van der Waals surface area contributed by atoms with Crippen LogP contribution in [0, 0.1) is 0 Å². The molecule has 0 saturated heterocycles. The molecule has 0 aliphatic carbocycles. The molecule has 0 bridgehead atoms. The fourth-order valence-electron chi connectivity index (χ4n) is 2.58. The van der Waals surface area contributed by atoms with E-state index in [1.807, 2.05) is 0 Å². The van der Waals surface area contributed by atoms with E-state index in [1.54, 1.807) is 24.3 Å². The second kappa shape index (κ2) is 5.21. The second-order valence-corrected chi connectivity index (χ2v) is 5.50. The van der Waals surface area contributed by atoms with Gasteiger partial charge in [-0.15, -0.1) is 0 Å². The third kappa shape index (κ3) is 2.00. The predicted molar refractivity (Wildman–Crippen MR) is 83.6 cm³/mol. The Bertz CT molecular complexity index is 988. The van der Waals surface area contributed by atoms with Crippen LogP contribution < -0.4 is 0 Å². The standard InChI is InChI=1S/C17H8ClNO5/c18-12-6-5-9-7-8-23-14(9)13(12)17(22)24-19-15(20)10-3-1-2-4-11(10)16(19)21/h1-8H. The number of carbonyl (C=O) groups excluding carboxylic acids is 3. The molecule has 1 aliphatic heterocycles. The fourth-order valence-corrected chi connectivity index (χ4v) is 2.80. The molecule has 4 rings (SSSR count). The van der Waals surface area contributed by atoms with Gasteiger partial charge in [0.15, 0.2) is 0 Å². The van der Waals surface area contributed by atoms with Crippen LogP contribution in [0.15, 0.2) is 53.1 Å².